The SMILES string of the molecule is O=C(c1cccs1)N1CCC(Cc2nncn2CC2CC2)CC1. The van der Waals surface area contributed by atoms with E-state index in [0.29, 0.717) is 5.92 Å². The molecule has 0 N–H and O–H groups in total. The lowest BCUT2D eigenvalue weighted by atomic mass is 9.93. The maximum Gasteiger partial charge on any atom is 0.263 e. The summed E-state index contributed by atoms with van der Waals surface area (Å²) in [5.74, 6) is 2.77. The molecule has 6 heteroatoms. The first-order valence-electron chi connectivity index (χ1n) is 8.49. The Morgan fingerprint density at radius 3 is 2.74 bits per heavy atom. The molecule has 1 aliphatic carbocycles. The fourth-order valence-corrected chi connectivity index (χ4v) is 4.01. The van der Waals surface area contributed by atoms with E-state index < -0.39 is 0 Å². The number of nitrogens with zero attached hydrogens (tertiary/aromatic N) is 4. The molecule has 2 aromatic rings. The molecule has 0 radical (unpaired) electrons. The van der Waals surface area contributed by atoms with E-state index in [1.54, 1.807) is 0 Å². The Kier molecular flexibility index (Phi) is 4.16. The molecule has 2 fully saturated rings. The predicted octanol–water partition coefficient (Wildman–Crippen LogP) is 2.84. The number of amides is 1. The molecular formula is C17H22N4OS. The van der Waals surface area contributed by atoms with Crippen LogP contribution < -0.4 is 0 Å². The molecule has 0 aromatic carbocycles. The summed E-state index contributed by atoms with van der Waals surface area (Å²) in [5.41, 5.74) is 0. The summed E-state index contributed by atoms with van der Waals surface area (Å²) in [7, 11) is 0. The van der Waals surface area contributed by atoms with Crippen molar-refractivity contribution < 1.29 is 4.79 Å². The fourth-order valence-electron chi connectivity index (χ4n) is 3.32. The van der Waals surface area contributed by atoms with Crippen molar-refractivity contribution in [3.63, 3.8) is 0 Å². The molecule has 0 atom stereocenters. The van der Waals surface area contributed by atoms with E-state index in [0.717, 1.165) is 55.5 Å². The highest BCUT2D eigenvalue weighted by Gasteiger charge is 2.27. The number of aromatic nitrogens is 3. The van der Waals surface area contributed by atoms with E-state index in [9.17, 15) is 4.79 Å². The van der Waals surface area contributed by atoms with Crippen molar-refractivity contribution in [2.45, 2.75) is 38.6 Å². The third-order valence-corrected chi connectivity index (χ3v) is 5.81. The third-order valence-electron chi connectivity index (χ3n) is 4.95. The summed E-state index contributed by atoms with van der Waals surface area (Å²) < 4.78 is 2.24. The van der Waals surface area contributed by atoms with Gasteiger partial charge in [0.1, 0.15) is 12.2 Å². The number of hydrogen-bond acceptors (Lipinski definition) is 4. The first-order chi connectivity index (χ1) is 11.3. The van der Waals surface area contributed by atoms with Crippen LogP contribution in [0.25, 0.3) is 0 Å². The van der Waals surface area contributed by atoms with Crippen LogP contribution in [0.1, 0.15) is 41.2 Å². The zero-order valence-electron chi connectivity index (χ0n) is 13.2. The van der Waals surface area contributed by atoms with Crippen LogP contribution in [0.5, 0.6) is 0 Å². The topological polar surface area (TPSA) is 51.0 Å². The molecule has 23 heavy (non-hydrogen) atoms. The molecule has 3 heterocycles. The molecule has 1 amide bonds. The lowest BCUT2D eigenvalue weighted by Crippen LogP contribution is -2.38. The van der Waals surface area contributed by atoms with Crippen LogP contribution >= 0.6 is 11.3 Å². The molecule has 0 spiro atoms. The lowest BCUT2D eigenvalue weighted by molar-refractivity contribution is 0.0694. The number of thiophene rings is 1. The number of piperidine rings is 1. The molecule has 0 bridgehead atoms. The van der Waals surface area contributed by atoms with Crippen molar-refractivity contribution in [1.82, 2.24) is 19.7 Å². The molecule has 4 rings (SSSR count). The summed E-state index contributed by atoms with van der Waals surface area (Å²) >= 11 is 1.53. The van der Waals surface area contributed by atoms with E-state index >= 15 is 0 Å². The second-order valence-electron chi connectivity index (χ2n) is 6.76. The van der Waals surface area contributed by atoms with Crippen molar-refractivity contribution in [1.29, 1.82) is 0 Å². The molecule has 1 aliphatic heterocycles. The maximum absolute atomic E-state index is 12.4. The average Bonchev–Trinajstić information content (AvgIpc) is 3.04. The van der Waals surface area contributed by atoms with Crippen molar-refractivity contribution in [2.75, 3.05) is 13.1 Å². The minimum absolute atomic E-state index is 0.190. The van der Waals surface area contributed by atoms with Crippen LogP contribution in [0.2, 0.25) is 0 Å². The number of hydrogen-bond donors (Lipinski definition) is 0. The van der Waals surface area contributed by atoms with Gasteiger partial charge in [0.2, 0.25) is 0 Å². The van der Waals surface area contributed by atoms with Gasteiger partial charge in [0.25, 0.3) is 5.91 Å². The summed E-state index contributed by atoms with van der Waals surface area (Å²) in [6, 6.07) is 3.86. The predicted molar refractivity (Wildman–Crippen MR) is 89.4 cm³/mol. The van der Waals surface area contributed by atoms with Crippen LogP contribution in [-0.2, 0) is 13.0 Å². The normalized spacial score (nSPS) is 19.2. The Balaban J connectivity index is 1.31. The Morgan fingerprint density at radius 1 is 1.22 bits per heavy atom. The number of rotatable bonds is 5. The van der Waals surface area contributed by atoms with Crippen LogP contribution in [0.15, 0.2) is 23.8 Å². The van der Waals surface area contributed by atoms with Gasteiger partial charge >= 0.3 is 0 Å². The standard InChI is InChI=1S/C17H22N4OS/c22-17(15-2-1-9-23-15)20-7-5-13(6-8-20)10-16-19-18-12-21(16)11-14-3-4-14/h1-2,9,12-14H,3-8,10-11H2. The van der Waals surface area contributed by atoms with E-state index in [-0.39, 0.29) is 5.91 Å². The second-order valence-corrected chi connectivity index (χ2v) is 7.71. The molecular weight excluding hydrogens is 308 g/mol. The molecule has 0 unspecified atom stereocenters. The molecule has 1 saturated heterocycles. The minimum atomic E-state index is 0.190. The largest absolute Gasteiger partial charge is 0.338 e. The average molecular weight is 330 g/mol. The van der Waals surface area contributed by atoms with Gasteiger partial charge in [-0.15, -0.1) is 21.5 Å². The Hall–Kier alpha value is -1.69. The van der Waals surface area contributed by atoms with Crippen molar-refractivity contribution in [3.05, 3.63) is 34.5 Å². The summed E-state index contributed by atoms with van der Waals surface area (Å²) in [6.45, 7) is 2.80. The lowest BCUT2D eigenvalue weighted by Gasteiger charge is -2.31. The van der Waals surface area contributed by atoms with Crippen LogP contribution in [0.4, 0.5) is 0 Å². The van der Waals surface area contributed by atoms with Crippen LogP contribution in [-0.4, -0.2) is 38.7 Å². The van der Waals surface area contributed by atoms with Gasteiger partial charge in [0, 0.05) is 26.1 Å². The Bertz CT molecular complexity index is 654. The maximum atomic E-state index is 12.4. The van der Waals surface area contributed by atoms with Gasteiger partial charge in [0.05, 0.1) is 4.88 Å². The van der Waals surface area contributed by atoms with Gasteiger partial charge in [-0.05, 0) is 49.0 Å². The van der Waals surface area contributed by atoms with Crippen LogP contribution in [0, 0.1) is 11.8 Å². The van der Waals surface area contributed by atoms with Gasteiger partial charge in [0.15, 0.2) is 0 Å². The minimum Gasteiger partial charge on any atom is -0.338 e. The van der Waals surface area contributed by atoms with E-state index in [1.165, 1.54) is 24.2 Å². The second kappa shape index (κ2) is 6.43. The number of likely N-dealkylation sites (tertiary alicyclic amines) is 1. The molecule has 1 saturated carbocycles. The number of carbonyl (C=O) groups is 1. The zero-order chi connectivity index (χ0) is 15.6. The highest BCUT2D eigenvalue weighted by atomic mass is 32.1. The summed E-state index contributed by atoms with van der Waals surface area (Å²) in [6.07, 6.45) is 7.69. The van der Waals surface area contributed by atoms with Crippen molar-refractivity contribution >= 4 is 17.2 Å². The van der Waals surface area contributed by atoms with Gasteiger partial charge in [-0.3, -0.25) is 4.79 Å². The summed E-state index contributed by atoms with van der Waals surface area (Å²) in [5, 5.41) is 10.4. The quantitative estimate of drug-likeness (QED) is 0.847. The zero-order valence-corrected chi connectivity index (χ0v) is 14.0. The Morgan fingerprint density at radius 2 is 2.04 bits per heavy atom. The highest BCUT2D eigenvalue weighted by molar-refractivity contribution is 7.12. The van der Waals surface area contributed by atoms with Crippen molar-refractivity contribution in [2.24, 2.45) is 11.8 Å². The summed E-state index contributed by atoms with van der Waals surface area (Å²) in [4.78, 5) is 15.2. The van der Waals surface area contributed by atoms with Gasteiger partial charge in [-0.1, -0.05) is 6.07 Å². The van der Waals surface area contributed by atoms with E-state index in [2.05, 4.69) is 14.8 Å². The smallest absolute Gasteiger partial charge is 0.263 e. The van der Waals surface area contributed by atoms with E-state index in [4.69, 9.17) is 0 Å². The van der Waals surface area contributed by atoms with Crippen LogP contribution in [0.3, 0.4) is 0 Å². The van der Waals surface area contributed by atoms with Gasteiger partial charge in [-0.25, -0.2) is 0 Å². The monoisotopic (exact) mass is 330 g/mol. The first-order valence-corrected chi connectivity index (χ1v) is 9.37. The van der Waals surface area contributed by atoms with Gasteiger partial charge in [-0.2, -0.15) is 0 Å². The molecule has 122 valence electrons. The number of carbonyl (C=O) groups excluding carboxylic acids is 1. The molecule has 2 aliphatic rings. The van der Waals surface area contributed by atoms with Crippen molar-refractivity contribution in [3.8, 4) is 0 Å². The highest BCUT2D eigenvalue weighted by Crippen LogP contribution is 2.31. The third kappa shape index (κ3) is 3.47. The van der Waals surface area contributed by atoms with E-state index in [1.807, 2.05) is 28.7 Å². The molecule has 2 aromatic heterocycles. The van der Waals surface area contributed by atoms with Gasteiger partial charge < -0.3 is 9.47 Å². The molecule has 5 nitrogen and oxygen atoms in total. The first kappa shape index (κ1) is 14.9. The fraction of sp³-hybridized carbons (Fsp3) is 0.588. The Labute approximate surface area is 140 Å².